The zero-order chi connectivity index (χ0) is 28.8. The highest BCUT2D eigenvalue weighted by molar-refractivity contribution is 6.53. The molecule has 3 aromatic carbocycles. The molecule has 2 aromatic heterocycles. The van der Waals surface area contributed by atoms with E-state index >= 15 is 0 Å². The molecule has 43 heavy (non-hydrogen) atoms. The van der Waals surface area contributed by atoms with Crippen LogP contribution in [0.25, 0.3) is 22.5 Å². The van der Waals surface area contributed by atoms with Gasteiger partial charge in [0.1, 0.15) is 5.10 Å². The molecule has 0 spiro atoms. The van der Waals surface area contributed by atoms with Gasteiger partial charge in [0, 0.05) is 16.8 Å². The second-order valence-electron chi connectivity index (χ2n) is 12.4. The van der Waals surface area contributed by atoms with Gasteiger partial charge < -0.3 is 9.19 Å². The van der Waals surface area contributed by atoms with E-state index in [1.165, 1.54) is 67.2 Å². The summed E-state index contributed by atoms with van der Waals surface area (Å²) in [4.78, 5) is 2.21. The summed E-state index contributed by atoms with van der Waals surface area (Å²) in [5.41, 5.74) is 18.8. The minimum absolute atomic E-state index is 0.353. The van der Waals surface area contributed by atoms with Crippen LogP contribution < -0.4 is 5.10 Å². The predicted octanol–water partition coefficient (Wildman–Crippen LogP) is 5.88. The largest absolute Gasteiger partial charge is 0.416 e. The second-order valence-corrected chi connectivity index (χ2v) is 12.4. The number of hydrogen-bond acceptors (Lipinski definition) is 4. The van der Waals surface area contributed by atoms with Crippen molar-refractivity contribution in [1.29, 1.82) is 0 Å². The molecule has 0 amide bonds. The molecule has 210 valence electrons. The first-order valence-corrected chi connectivity index (χ1v) is 15.6. The molecule has 0 saturated carbocycles. The Morgan fingerprint density at radius 2 is 1.05 bits per heavy atom. The zero-order valence-electron chi connectivity index (χ0n) is 24.9. The molecule has 7 heteroatoms. The van der Waals surface area contributed by atoms with Crippen molar-refractivity contribution in [2.75, 3.05) is 0 Å². The third-order valence-corrected chi connectivity index (χ3v) is 10.2. The van der Waals surface area contributed by atoms with Gasteiger partial charge in [-0.3, -0.25) is 0 Å². The number of hydrogen-bond donors (Lipinski definition) is 0. The summed E-state index contributed by atoms with van der Waals surface area (Å²) in [5.74, 6) is 0. The van der Waals surface area contributed by atoms with Gasteiger partial charge in [-0.15, -0.1) is 0 Å². The van der Waals surface area contributed by atoms with Gasteiger partial charge in [0.15, 0.2) is 0 Å². The maximum atomic E-state index is 5.42. The Balaban J connectivity index is 1.28. The average molecular weight is 561 g/mol. The molecule has 0 bridgehead atoms. The summed E-state index contributed by atoms with van der Waals surface area (Å²) in [5, 5.41) is 16.3. The second kappa shape index (κ2) is 9.18. The molecule has 0 saturated heterocycles. The normalized spacial score (nSPS) is 16.4. The molecule has 1 aliphatic heterocycles. The number of hydrazone groups is 1. The first kappa shape index (κ1) is 24.9. The topological polar surface area (TPSA) is 53.0 Å². The van der Waals surface area contributed by atoms with Gasteiger partial charge in [0.25, 0.3) is 0 Å². The average Bonchev–Trinajstić information content (AvgIpc) is 3.69. The fourth-order valence-electron chi connectivity index (χ4n) is 7.88. The van der Waals surface area contributed by atoms with Crippen LogP contribution in [-0.2, 0) is 32.1 Å². The number of fused-ring (bicyclic) bond motifs is 9. The van der Waals surface area contributed by atoms with Crippen LogP contribution in [0, 0.1) is 13.8 Å². The summed E-state index contributed by atoms with van der Waals surface area (Å²) < 4.78 is 4.42. The SMILES string of the molecule is CC1=C2CCc3ccccc3C2=[N+]N1[B-](n1nc2c(c1C)CCc1ccccc1-2)n1nc2c(c1C)CCc1ccccc1-2. The molecular formula is C36H33BN6. The van der Waals surface area contributed by atoms with Gasteiger partial charge in [-0.1, -0.05) is 66.7 Å². The molecule has 0 N–H and O–H groups in total. The lowest BCUT2D eigenvalue weighted by Crippen LogP contribution is -2.52. The standard InChI is InChI=1S/C36H33BN6/c1-22-28-19-16-25-10-4-7-13-31(25)34(28)38-41(22)37(42-23(2)29-20-17-26-11-5-8-14-32(26)35(29)39-42)43-24(3)30-21-18-27-12-6-9-15-33(27)36(30)40-43/h4-15H,16-21H2,1-3H3. The van der Waals surface area contributed by atoms with Crippen molar-refractivity contribution in [3.63, 3.8) is 0 Å². The molecule has 0 fully saturated rings. The fraction of sp³-hybridized carbons (Fsp3) is 0.250. The van der Waals surface area contributed by atoms with Crippen molar-refractivity contribution in [2.24, 2.45) is 0 Å². The molecule has 2 radical (unpaired) electrons. The van der Waals surface area contributed by atoms with Crippen molar-refractivity contribution < 1.29 is 0 Å². The van der Waals surface area contributed by atoms with E-state index in [0.717, 1.165) is 55.6 Å². The summed E-state index contributed by atoms with van der Waals surface area (Å²) >= 11 is 0. The number of nitrogens with zero attached hydrogens (tertiary/aromatic N) is 6. The molecular weight excluding hydrogens is 527 g/mol. The van der Waals surface area contributed by atoms with Gasteiger partial charge in [0.2, 0.25) is 0 Å². The van der Waals surface area contributed by atoms with E-state index in [1.807, 2.05) is 0 Å². The lowest BCUT2D eigenvalue weighted by molar-refractivity contribution is 0.478. The summed E-state index contributed by atoms with van der Waals surface area (Å²) in [6.45, 7) is 6.69. The molecule has 3 aliphatic carbocycles. The van der Waals surface area contributed by atoms with Crippen molar-refractivity contribution >= 4 is 12.8 Å². The Morgan fingerprint density at radius 1 is 0.581 bits per heavy atom. The maximum Gasteiger partial charge on any atom is 0.318 e. The lowest BCUT2D eigenvalue weighted by atomic mass is 9.85. The molecule has 3 heterocycles. The van der Waals surface area contributed by atoms with Crippen LogP contribution in [0.1, 0.15) is 58.1 Å². The van der Waals surface area contributed by atoms with E-state index in [4.69, 9.17) is 15.3 Å². The van der Waals surface area contributed by atoms with Crippen LogP contribution in [0.3, 0.4) is 0 Å². The molecule has 4 aliphatic rings. The summed E-state index contributed by atoms with van der Waals surface area (Å²) in [6, 6.07) is 26.2. The van der Waals surface area contributed by atoms with Crippen LogP contribution in [0.15, 0.2) is 84.1 Å². The highest BCUT2D eigenvalue weighted by Gasteiger charge is 2.42. The zero-order valence-corrected chi connectivity index (χ0v) is 24.9. The fourth-order valence-corrected chi connectivity index (χ4v) is 7.88. The number of benzene rings is 3. The maximum absolute atomic E-state index is 5.42. The van der Waals surface area contributed by atoms with E-state index in [9.17, 15) is 0 Å². The molecule has 5 aromatic rings. The number of allylic oxidation sites excluding steroid dienone is 2. The van der Waals surface area contributed by atoms with Crippen molar-refractivity contribution in [3.8, 4) is 22.5 Å². The Morgan fingerprint density at radius 3 is 1.60 bits per heavy atom. The lowest BCUT2D eigenvalue weighted by Gasteiger charge is -2.33. The molecule has 0 atom stereocenters. The molecule has 0 unspecified atom stereocenters. The van der Waals surface area contributed by atoms with E-state index in [0.29, 0.717) is 0 Å². The third-order valence-electron chi connectivity index (χ3n) is 10.2. The van der Waals surface area contributed by atoms with Crippen LogP contribution >= 0.6 is 0 Å². The van der Waals surface area contributed by atoms with Gasteiger partial charge in [-0.25, -0.2) is 15.1 Å². The van der Waals surface area contributed by atoms with E-state index < -0.39 is 0 Å². The van der Waals surface area contributed by atoms with Crippen LogP contribution in [0.5, 0.6) is 0 Å². The smallest absolute Gasteiger partial charge is 0.318 e. The van der Waals surface area contributed by atoms with Crippen molar-refractivity contribution in [3.05, 3.63) is 129 Å². The Hall–Kier alpha value is -4.65. The van der Waals surface area contributed by atoms with Gasteiger partial charge in [-0.05, 0) is 105 Å². The molecule has 9 rings (SSSR count). The first-order chi connectivity index (χ1) is 21.1. The highest BCUT2D eigenvalue weighted by Crippen LogP contribution is 2.38. The first-order valence-electron chi connectivity index (χ1n) is 15.6. The van der Waals surface area contributed by atoms with Crippen LogP contribution in [0.2, 0.25) is 0 Å². The van der Waals surface area contributed by atoms with Crippen LogP contribution in [0.4, 0.5) is 0 Å². The number of aryl methyl sites for hydroxylation is 3. The molecule has 6 nitrogen and oxygen atoms in total. The third kappa shape index (κ3) is 3.51. The van der Waals surface area contributed by atoms with Crippen molar-refractivity contribution in [1.82, 2.24) is 29.4 Å². The van der Waals surface area contributed by atoms with E-state index in [2.05, 4.69) is 108 Å². The Kier molecular flexibility index (Phi) is 5.31. The van der Waals surface area contributed by atoms with Gasteiger partial charge in [-0.2, -0.15) is 0 Å². The predicted molar refractivity (Wildman–Crippen MR) is 172 cm³/mol. The van der Waals surface area contributed by atoms with Gasteiger partial charge >= 0.3 is 12.8 Å². The van der Waals surface area contributed by atoms with Gasteiger partial charge in [0.05, 0.1) is 22.5 Å². The minimum Gasteiger partial charge on any atom is -0.416 e. The van der Waals surface area contributed by atoms with Crippen LogP contribution in [-0.4, -0.2) is 37.1 Å². The number of rotatable bonds is 3. The number of aromatic nitrogens is 4. The summed E-state index contributed by atoms with van der Waals surface area (Å²) in [7, 11) is -0.353. The van der Waals surface area contributed by atoms with E-state index in [-0.39, 0.29) is 7.12 Å². The highest BCUT2D eigenvalue weighted by atomic mass is 15.6. The minimum atomic E-state index is -0.353. The monoisotopic (exact) mass is 560 g/mol. The van der Waals surface area contributed by atoms with E-state index in [1.54, 1.807) is 0 Å². The quantitative estimate of drug-likeness (QED) is 0.259. The Labute approximate surface area is 252 Å². The Bertz CT molecular complexity index is 1940. The summed E-state index contributed by atoms with van der Waals surface area (Å²) in [6.07, 6.45) is 6.10. The van der Waals surface area contributed by atoms with Crippen molar-refractivity contribution in [2.45, 2.75) is 59.3 Å².